The van der Waals surface area contributed by atoms with Crippen molar-refractivity contribution < 1.29 is 0 Å². The maximum absolute atomic E-state index is 9.01. The van der Waals surface area contributed by atoms with Crippen molar-refractivity contribution in [2.24, 2.45) is 0 Å². The van der Waals surface area contributed by atoms with Crippen LogP contribution in [0.4, 0.5) is 5.82 Å². The van der Waals surface area contributed by atoms with Crippen molar-refractivity contribution in [3.63, 3.8) is 0 Å². The Bertz CT molecular complexity index is 455. The third kappa shape index (κ3) is 2.77. The Hall–Kier alpha value is -1.67. The van der Waals surface area contributed by atoms with Gasteiger partial charge >= 0.3 is 0 Å². The Morgan fingerprint density at radius 1 is 1.39 bits per heavy atom. The third-order valence-electron chi connectivity index (χ3n) is 3.07. The minimum absolute atomic E-state index is 0.430. The number of piperazine rings is 1. The van der Waals surface area contributed by atoms with Crippen LogP contribution in [0.2, 0.25) is 0 Å². The summed E-state index contributed by atoms with van der Waals surface area (Å²) in [5.41, 5.74) is 0.454. The summed E-state index contributed by atoms with van der Waals surface area (Å²) in [7, 11) is 0. The van der Waals surface area contributed by atoms with Crippen LogP contribution in [0.5, 0.6) is 0 Å². The number of hydrogen-bond donors (Lipinski definition) is 1. The number of aryl methyl sites for hydroxylation is 1. The molecular weight excluding hydrogens is 226 g/mol. The first-order valence-corrected chi connectivity index (χ1v) is 6.41. The molecule has 1 N–H and O–H groups in total. The van der Waals surface area contributed by atoms with Gasteiger partial charge in [0.25, 0.3) is 0 Å². The van der Waals surface area contributed by atoms with Crippen molar-refractivity contribution >= 4 is 5.82 Å². The van der Waals surface area contributed by atoms with Crippen molar-refractivity contribution in [3.05, 3.63) is 17.6 Å². The Kier molecular flexibility index (Phi) is 3.78. The highest BCUT2D eigenvalue weighted by Gasteiger charge is 2.22. The van der Waals surface area contributed by atoms with E-state index in [1.54, 1.807) is 6.07 Å². The Morgan fingerprint density at radius 2 is 2.06 bits per heavy atom. The van der Waals surface area contributed by atoms with Gasteiger partial charge in [-0.2, -0.15) is 5.26 Å². The fourth-order valence-electron chi connectivity index (χ4n) is 2.37. The minimum atomic E-state index is 0.430. The van der Waals surface area contributed by atoms with Gasteiger partial charge in [0, 0.05) is 37.7 Å². The van der Waals surface area contributed by atoms with E-state index in [1.807, 2.05) is 6.92 Å². The molecule has 96 valence electrons. The number of nitriles is 1. The summed E-state index contributed by atoms with van der Waals surface area (Å²) in [6.07, 6.45) is 0.750. The molecule has 0 amide bonds. The highest BCUT2D eigenvalue weighted by molar-refractivity contribution is 5.44. The van der Waals surface area contributed by atoms with Gasteiger partial charge in [0.1, 0.15) is 23.4 Å². The standard InChI is InChI=1S/C13H19N5/c1-4-12-16-11(6-14)5-13(17-12)18-7-9(2)15-10(3)8-18/h5,9-10,15H,4,7-8H2,1-3H3/t9-,10+. The summed E-state index contributed by atoms with van der Waals surface area (Å²) in [5.74, 6) is 1.61. The minimum Gasteiger partial charge on any atom is -0.353 e. The zero-order valence-corrected chi connectivity index (χ0v) is 11.1. The molecule has 1 saturated heterocycles. The van der Waals surface area contributed by atoms with Gasteiger partial charge in [-0.1, -0.05) is 6.92 Å². The van der Waals surface area contributed by atoms with Gasteiger partial charge in [-0.3, -0.25) is 0 Å². The largest absolute Gasteiger partial charge is 0.353 e. The second kappa shape index (κ2) is 5.32. The summed E-state index contributed by atoms with van der Waals surface area (Å²) in [6.45, 7) is 8.15. The summed E-state index contributed by atoms with van der Waals surface area (Å²) < 4.78 is 0. The molecule has 0 radical (unpaired) electrons. The van der Waals surface area contributed by atoms with E-state index in [9.17, 15) is 0 Å². The van der Waals surface area contributed by atoms with Crippen molar-refractivity contribution in [1.82, 2.24) is 15.3 Å². The van der Waals surface area contributed by atoms with Gasteiger partial charge < -0.3 is 10.2 Å². The molecule has 18 heavy (non-hydrogen) atoms. The van der Waals surface area contributed by atoms with Crippen LogP contribution < -0.4 is 10.2 Å². The van der Waals surface area contributed by atoms with Crippen LogP contribution in [0.3, 0.4) is 0 Å². The first-order chi connectivity index (χ1) is 8.62. The predicted octanol–water partition coefficient (Wildman–Crippen LogP) is 1.10. The van der Waals surface area contributed by atoms with Crippen LogP contribution in [0, 0.1) is 11.3 Å². The molecule has 0 spiro atoms. The molecule has 0 aliphatic carbocycles. The molecule has 0 unspecified atom stereocenters. The first kappa shape index (κ1) is 12.8. The molecule has 0 saturated carbocycles. The topological polar surface area (TPSA) is 64.8 Å². The van der Waals surface area contributed by atoms with Crippen LogP contribution in [-0.2, 0) is 6.42 Å². The summed E-state index contributed by atoms with van der Waals surface area (Å²) in [5, 5.41) is 12.5. The highest BCUT2D eigenvalue weighted by Crippen LogP contribution is 2.16. The number of anilines is 1. The van der Waals surface area contributed by atoms with Crippen LogP contribution in [0.25, 0.3) is 0 Å². The number of hydrogen-bond acceptors (Lipinski definition) is 5. The van der Waals surface area contributed by atoms with E-state index in [-0.39, 0.29) is 0 Å². The van der Waals surface area contributed by atoms with Crippen molar-refractivity contribution in [2.45, 2.75) is 39.3 Å². The molecule has 1 aromatic rings. The number of aromatic nitrogens is 2. The maximum Gasteiger partial charge on any atom is 0.146 e. The molecule has 1 fully saturated rings. The zero-order chi connectivity index (χ0) is 13.1. The monoisotopic (exact) mass is 245 g/mol. The van der Waals surface area contributed by atoms with E-state index in [2.05, 4.69) is 40.1 Å². The van der Waals surface area contributed by atoms with E-state index in [0.29, 0.717) is 17.8 Å². The summed E-state index contributed by atoms with van der Waals surface area (Å²) >= 11 is 0. The maximum atomic E-state index is 9.01. The third-order valence-corrected chi connectivity index (χ3v) is 3.07. The van der Waals surface area contributed by atoms with Gasteiger partial charge in [0.15, 0.2) is 0 Å². The zero-order valence-electron chi connectivity index (χ0n) is 11.1. The lowest BCUT2D eigenvalue weighted by atomic mass is 10.1. The van der Waals surface area contributed by atoms with Crippen molar-refractivity contribution in [3.8, 4) is 6.07 Å². The van der Waals surface area contributed by atoms with Crippen LogP contribution in [0.1, 0.15) is 32.3 Å². The van der Waals surface area contributed by atoms with Gasteiger partial charge in [0.05, 0.1) is 0 Å². The van der Waals surface area contributed by atoms with Crippen LogP contribution in [-0.4, -0.2) is 35.1 Å². The Balaban J connectivity index is 2.29. The molecule has 1 aromatic heterocycles. The van der Waals surface area contributed by atoms with Crippen LogP contribution >= 0.6 is 0 Å². The van der Waals surface area contributed by atoms with E-state index in [1.165, 1.54) is 0 Å². The molecule has 2 rings (SSSR count). The lowest BCUT2D eigenvalue weighted by Crippen LogP contribution is -2.54. The SMILES string of the molecule is CCc1nc(C#N)cc(N2C[C@@H](C)N[C@@H](C)C2)n1. The van der Waals surface area contributed by atoms with E-state index in [4.69, 9.17) is 5.26 Å². The normalized spacial score (nSPS) is 23.8. The van der Waals surface area contributed by atoms with E-state index < -0.39 is 0 Å². The highest BCUT2D eigenvalue weighted by atomic mass is 15.3. The lowest BCUT2D eigenvalue weighted by molar-refractivity contribution is 0.405. The van der Waals surface area contributed by atoms with E-state index in [0.717, 1.165) is 31.2 Å². The smallest absolute Gasteiger partial charge is 0.146 e. The Morgan fingerprint density at radius 3 is 2.61 bits per heavy atom. The van der Waals surface area contributed by atoms with Gasteiger partial charge in [-0.15, -0.1) is 0 Å². The molecule has 0 aromatic carbocycles. The lowest BCUT2D eigenvalue weighted by Gasteiger charge is -2.37. The molecular formula is C13H19N5. The molecule has 5 nitrogen and oxygen atoms in total. The average molecular weight is 245 g/mol. The molecule has 5 heteroatoms. The molecule has 2 atom stereocenters. The van der Waals surface area contributed by atoms with Crippen molar-refractivity contribution in [2.75, 3.05) is 18.0 Å². The van der Waals surface area contributed by atoms with Crippen molar-refractivity contribution in [1.29, 1.82) is 5.26 Å². The second-order valence-electron chi connectivity index (χ2n) is 4.87. The summed E-state index contributed by atoms with van der Waals surface area (Å²) in [4.78, 5) is 10.9. The number of rotatable bonds is 2. The predicted molar refractivity (Wildman–Crippen MR) is 70.4 cm³/mol. The van der Waals surface area contributed by atoms with Gasteiger partial charge in [-0.25, -0.2) is 9.97 Å². The Labute approximate surface area is 108 Å². The molecule has 2 heterocycles. The van der Waals surface area contributed by atoms with Gasteiger partial charge in [0.2, 0.25) is 0 Å². The van der Waals surface area contributed by atoms with E-state index >= 15 is 0 Å². The van der Waals surface area contributed by atoms with Gasteiger partial charge in [-0.05, 0) is 13.8 Å². The fourth-order valence-corrected chi connectivity index (χ4v) is 2.37. The number of nitrogens with one attached hydrogen (secondary N) is 1. The second-order valence-corrected chi connectivity index (χ2v) is 4.87. The molecule has 0 bridgehead atoms. The summed E-state index contributed by atoms with van der Waals surface area (Å²) in [6, 6.07) is 4.75. The number of nitrogens with zero attached hydrogens (tertiary/aromatic N) is 4. The molecule has 1 aliphatic heterocycles. The quantitative estimate of drug-likeness (QED) is 0.845. The average Bonchev–Trinajstić information content (AvgIpc) is 2.37. The molecule has 1 aliphatic rings. The fraction of sp³-hybridized carbons (Fsp3) is 0.615. The van der Waals surface area contributed by atoms with Crippen LogP contribution in [0.15, 0.2) is 6.07 Å². The first-order valence-electron chi connectivity index (χ1n) is 6.41.